The first-order valence-corrected chi connectivity index (χ1v) is 8.17. The van der Waals surface area contributed by atoms with Crippen LogP contribution in [0.5, 0.6) is 0 Å². The number of anilines is 2. The number of thiophene rings is 1. The van der Waals surface area contributed by atoms with Crippen molar-refractivity contribution in [2.24, 2.45) is 0 Å². The van der Waals surface area contributed by atoms with Gasteiger partial charge in [-0.1, -0.05) is 6.92 Å². The summed E-state index contributed by atoms with van der Waals surface area (Å²) >= 11 is 1.14. The second-order valence-corrected chi connectivity index (χ2v) is 6.59. The van der Waals surface area contributed by atoms with Gasteiger partial charge in [0.05, 0.1) is 5.56 Å². The van der Waals surface area contributed by atoms with E-state index in [2.05, 4.69) is 9.82 Å². The molecule has 106 valence electrons. The van der Waals surface area contributed by atoms with E-state index in [4.69, 9.17) is 11.0 Å². The zero-order chi connectivity index (χ0) is 14.8. The van der Waals surface area contributed by atoms with Gasteiger partial charge in [-0.3, -0.25) is 9.40 Å². The standard InChI is InChI=1S/C11H13N5O2S2/c1-2-4-16-7-9(10(13)14-16)20(17,18)15-11-8(6-12)3-5-19-11/h3,5,7,15H,2,4H2,1H3,(H2,13,14). The summed E-state index contributed by atoms with van der Waals surface area (Å²) in [4.78, 5) is -0.0803. The Labute approximate surface area is 120 Å². The largest absolute Gasteiger partial charge is 0.381 e. The summed E-state index contributed by atoms with van der Waals surface area (Å²) in [6.07, 6.45) is 2.21. The molecule has 2 rings (SSSR count). The maximum absolute atomic E-state index is 12.3. The van der Waals surface area contributed by atoms with Gasteiger partial charge < -0.3 is 5.73 Å². The van der Waals surface area contributed by atoms with Crippen molar-refractivity contribution >= 4 is 32.2 Å². The normalized spacial score (nSPS) is 11.2. The lowest BCUT2D eigenvalue weighted by Gasteiger charge is -2.04. The van der Waals surface area contributed by atoms with Crippen molar-refractivity contribution in [1.29, 1.82) is 5.26 Å². The highest BCUT2D eigenvalue weighted by molar-refractivity contribution is 7.93. The Morgan fingerprint density at radius 1 is 1.60 bits per heavy atom. The fraction of sp³-hybridized carbons (Fsp3) is 0.273. The van der Waals surface area contributed by atoms with Gasteiger partial charge in [-0.2, -0.15) is 10.4 Å². The molecule has 0 aliphatic heterocycles. The van der Waals surface area contributed by atoms with E-state index in [0.717, 1.165) is 17.8 Å². The number of nitrogens with two attached hydrogens (primary N) is 1. The molecule has 0 unspecified atom stereocenters. The topological polar surface area (TPSA) is 114 Å². The van der Waals surface area contributed by atoms with Gasteiger partial charge in [-0.25, -0.2) is 8.42 Å². The predicted molar refractivity (Wildman–Crippen MR) is 76.8 cm³/mol. The van der Waals surface area contributed by atoms with Crippen molar-refractivity contribution < 1.29 is 8.42 Å². The first-order chi connectivity index (χ1) is 9.47. The lowest BCUT2D eigenvalue weighted by Crippen LogP contribution is -2.13. The van der Waals surface area contributed by atoms with E-state index in [1.165, 1.54) is 10.9 Å². The number of nitriles is 1. The molecule has 9 heteroatoms. The van der Waals surface area contributed by atoms with E-state index in [1.54, 1.807) is 11.4 Å². The minimum Gasteiger partial charge on any atom is -0.381 e. The van der Waals surface area contributed by atoms with Gasteiger partial charge in [0, 0.05) is 12.7 Å². The SMILES string of the molecule is CCCn1cc(S(=O)(=O)Nc2sccc2C#N)c(N)n1. The Hall–Kier alpha value is -2.05. The molecular formula is C11H13N5O2S2. The molecule has 0 amide bonds. The highest BCUT2D eigenvalue weighted by Gasteiger charge is 2.22. The molecule has 7 nitrogen and oxygen atoms in total. The zero-order valence-corrected chi connectivity index (χ0v) is 12.3. The van der Waals surface area contributed by atoms with Crippen LogP contribution in [-0.4, -0.2) is 18.2 Å². The molecule has 0 fully saturated rings. The first kappa shape index (κ1) is 14.4. The van der Waals surface area contributed by atoms with Gasteiger partial charge in [0.15, 0.2) is 5.82 Å². The minimum absolute atomic E-state index is 0.0546. The van der Waals surface area contributed by atoms with Gasteiger partial charge in [-0.05, 0) is 17.9 Å². The van der Waals surface area contributed by atoms with Crippen molar-refractivity contribution in [2.75, 3.05) is 10.5 Å². The number of nitrogen functional groups attached to an aromatic ring is 1. The van der Waals surface area contributed by atoms with Crippen LogP contribution in [-0.2, 0) is 16.6 Å². The molecule has 0 aromatic carbocycles. The van der Waals surface area contributed by atoms with Crippen LogP contribution in [0.15, 0.2) is 22.5 Å². The quantitative estimate of drug-likeness (QED) is 0.870. The maximum Gasteiger partial charge on any atom is 0.267 e. The Bertz CT molecular complexity index is 754. The third kappa shape index (κ3) is 2.76. The summed E-state index contributed by atoms with van der Waals surface area (Å²) in [5.74, 6) is -0.0546. The van der Waals surface area contributed by atoms with E-state index in [-0.39, 0.29) is 21.3 Å². The number of nitrogens with zero attached hydrogens (tertiary/aromatic N) is 3. The number of rotatable bonds is 5. The Balaban J connectivity index is 2.34. The Morgan fingerprint density at radius 3 is 3.00 bits per heavy atom. The molecule has 0 aliphatic rings. The lowest BCUT2D eigenvalue weighted by atomic mass is 10.4. The second kappa shape index (κ2) is 5.52. The summed E-state index contributed by atoms with van der Waals surface area (Å²) in [6, 6.07) is 3.47. The minimum atomic E-state index is -3.84. The molecular weight excluding hydrogens is 298 g/mol. The molecule has 0 radical (unpaired) electrons. The van der Waals surface area contributed by atoms with Gasteiger partial charge in [0.25, 0.3) is 10.0 Å². The molecule has 0 saturated carbocycles. The fourth-order valence-electron chi connectivity index (χ4n) is 1.62. The van der Waals surface area contributed by atoms with Gasteiger partial charge in [-0.15, -0.1) is 11.3 Å². The molecule has 2 aromatic rings. The summed E-state index contributed by atoms with van der Waals surface area (Å²) in [7, 11) is -3.84. The van der Waals surface area contributed by atoms with Crippen LogP contribution in [0.4, 0.5) is 10.8 Å². The van der Waals surface area contributed by atoms with Gasteiger partial charge in [0.2, 0.25) is 0 Å². The average Bonchev–Trinajstić information content (AvgIpc) is 2.96. The molecule has 20 heavy (non-hydrogen) atoms. The monoisotopic (exact) mass is 311 g/mol. The smallest absolute Gasteiger partial charge is 0.267 e. The van der Waals surface area contributed by atoms with E-state index in [9.17, 15) is 8.42 Å². The Morgan fingerprint density at radius 2 is 2.35 bits per heavy atom. The van der Waals surface area contributed by atoms with Crippen LogP contribution in [0.1, 0.15) is 18.9 Å². The predicted octanol–water partition coefficient (Wildman–Crippen LogP) is 1.61. The summed E-state index contributed by atoms with van der Waals surface area (Å²) in [6.45, 7) is 2.54. The van der Waals surface area contributed by atoms with Gasteiger partial charge in [0.1, 0.15) is 16.0 Å². The van der Waals surface area contributed by atoms with Crippen molar-refractivity contribution in [2.45, 2.75) is 24.8 Å². The van der Waals surface area contributed by atoms with E-state index < -0.39 is 10.0 Å². The van der Waals surface area contributed by atoms with E-state index in [0.29, 0.717) is 6.54 Å². The number of sulfonamides is 1. The Kier molecular flexibility index (Phi) is 3.96. The molecule has 2 heterocycles. The average molecular weight is 311 g/mol. The molecule has 0 bridgehead atoms. The summed E-state index contributed by atoms with van der Waals surface area (Å²) in [5, 5.41) is 14.7. The molecule has 0 spiro atoms. The maximum atomic E-state index is 12.3. The van der Waals surface area contributed by atoms with Crippen molar-refractivity contribution in [1.82, 2.24) is 9.78 Å². The lowest BCUT2D eigenvalue weighted by molar-refractivity contribution is 0.595. The van der Waals surface area contributed by atoms with Crippen LogP contribution >= 0.6 is 11.3 Å². The van der Waals surface area contributed by atoms with E-state index >= 15 is 0 Å². The first-order valence-electron chi connectivity index (χ1n) is 5.81. The second-order valence-electron chi connectivity index (χ2n) is 4.02. The van der Waals surface area contributed by atoms with Crippen molar-refractivity contribution in [3.63, 3.8) is 0 Å². The highest BCUT2D eigenvalue weighted by atomic mass is 32.2. The van der Waals surface area contributed by atoms with E-state index in [1.807, 2.05) is 13.0 Å². The third-order valence-electron chi connectivity index (χ3n) is 2.51. The van der Waals surface area contributed by atoms with Crippen LogP contribution < -0.4 is 10.5 Å². The van der Waals surface area contributed by atoms with Crippen LogP contribution in [0.25, 0.3) is 0 Å². The molecule has 0 atom stereocenters. The highest BCUT2D eigenvalue weighted by Crippen LogP contribution is 2.27. The van der Waals surface area contributed by atoms with Crippen molar-refractivity contribution in [3.05, 3.63) is 23.2 Å². The zero-order valence-electron chi connectivity index (χ0n) is 10.7. The number of aromatic nitrogens is 2. The van der Waals surface area contributed by atoms with Gasteiger partial charge >= 0.3 is 0 Å². The number of hydrogen-bond donors (Lipinski definition) is 2. The molecule has 2 aromatic heterocycles. The fourth-order valence-corrected chi connectivity index (χ4v) is 3.77. The van der Waals surface area contributed by atoms with Crippen LogP contribution in [0.3, 0.4) is 0 Å². The molecule has 0 aliphatic carbocycles. The molecule has 3 N–H and O–H groups in total. The van der Waals surface area contributed by atoms with Crippen molar-refractivity contribution in [3.8, 4) is 6.07 Å². The number of nitrogens with one attached hydrogen (secondary N) is 1. The van der Waals surface area contributed by atoms with Crippen LogP contribution in [0.2, 0.25) is 0 Å². The number of aryl methyl sites for hydroxylation is 1. The van der Waals surface area contributed by atoms with Crippen LogP contribution in [0, 0.1) is 11.3 Å². The summed E-state index contributed by atoms with van der Waals surface area (Å²) < 4.78 is 28.4. The number of hydrogen-bond acceptors (Lipinski definition) is 6. The summed E-state index contributed by atoms with van der Waals surface area (Å²) in [5.41, 5.74) is 5.92. The third-order valence-corrected chi connectivity index (χ3v) is 4.84. The molecule has 0 saturated heterocycles.